The minimum Gasteiger partial charge on any atom is -0.383 e. The van der Waals surface area contributed by atoms with Crippen molar-refractivity contribution in [1.82, 2.24) is 0 Å². The summed E-state index contributed by atoms with van der Waals surface area (Å²) in [6.45, 7) is 7.95. The molecule has 0 fully saturated rings. The van der Waals surface area contributed by atoms with Gasteiger partial charge in [-0.25, -0.2) is 0 Å². The van der Waals surface area contributed by atoms with Crippen LogP contribution in [0, 0.1) is 0 Å². The van der Waals surface area contributed by atoms with Gasteiger partial charge in [-0.05, 0) is 44.4 Å². The summed E-state index contributed by atoms with van der Waals surface area (Å²) in [4.78, 5) is 2.26. The standard InChI is InChI=1S/C16H27ClN2O/c1-5-14(18)10-13-6-7-16(15(17)11-13)19(12(2)3)8-9-20-4/h6-7,11-12,14H,5,8-10,18H2,1-4H3. The first-order chi connectivity index (χ1) is 9.49. The molecule has 114 valence electrons. The molecule has 4 heteroatoms. The number of benzene rings is 1. The number of methoxy groups -OCH3 is 1. The second-order valence-electron chi connectivity index (χ2n) is 5.44. The smallest absolute Gasteiger partial charge is 0.0642 e. The molecule has 1 rings (SSSR count). The molecule has 1 atom stereocenters. The Morgan fingerprint density at radius 2 is 2.05 bits per heavy atom. The van der Waals surface area contributed by atoms with Crippen LogP contribution in [-0.2, 0) is 11.2 Å². The summed E-state index contributed by atoms with van der Waals surface area (Å²) in [6, 6.07) is 6.83. The quantitative estimate of drug-likeness (QED) is 0.798. The molecule has 0 bridgehead atoms. The number of rotatable bonds is 8. The van der Waals surface area contributed by atoms with Gasteiger partial charge in [0.05, 0.1) is 17.3 Å². The largest absolute Gasteiger partial charge is 0.383 e. The molecule has 0 aliphatic rings. The van der Waals surface area contributed by atoms with Crippen LogP contribution in [0.15, 0.2) is 18.2 Å². The molecule has 2 N–H and O–H groups in total. The fourth-order valence-corrected chi connectivity index (χ4v) is 2.52. The molecular weight excluding hydrogens is 272 g/mol. The summed E-state index contributed by atoms with van der Waals surface area (Å²) in [6.07, 6.45) is 1.85. The molecule has 0 radical (unpaired) electrons. The maximum Gasteiger partial charge on any atom is 0.0642 e. The van der Waals surface area contributed by atoms with E-state index in [-0.39, 0.29) is 6.04 Å². The molecule has 0 amide bonds. The van der Waals surface area contributed by atoms with E-state index in [4.69, 9.17) is 22.1 Å². The van der Waals surface area contributed by atoms with Crippen LogP contribution in [0.1, 0.15) is 32.8 Å². The second-order valence-corrected chi connectivity index (χ2v) is 5.85. The lowest BCUT2D eigenvalue weighted by atomic mass is 10.0. The van der Waals surface area contributed by atoms with Gasteiger partial charge in [-0.1, -0.05) is 24.6 Å². The van der Waals surface area contributed by atoms with Gasteiger partial charge in [0.25, 0.3) is 0 Å². The Morgan fingerprint density at radius 1 is 1.35 bits per heavy atom. The zero-order chi connectivity index (χ0) is 15.1. The first-order valence-electron chi connectivity index (χ1n) is 7.29. The van der Waals surface area contributed by atoms with E-state index in [0.717, 1.165) is 30.1 Å². The Balaban J connectivity index is 2.89. The molecule has 0 aromatic heterocycles. The highest BCUT2D eigenvalue weighted by molar-refractivity contribution is 6.33. The van der Waals surface area contributed by atoms with Gasteiger partial charge in [0.2, 0.25) is 0 Å². The lowest BCUT2D eigenvalue weighted by molar-refractivity contribution is 0.204. The monoisotopic (exact) mass is 298 g/mol. The number of nitrogens with zero attached hydrogens (tertiary/aromatic N) is 1. The van der Waals surface area contributed by atoms with Crippen molar-refractivity contribution in [2.24, 2.45) is 5.73 Å². The van der Waals surface area contributed by atoms with Crippen molar-refractivity contribution in [3.05, 3.63) is 28.8 Å². The van der Waals surface area contributed by atoms with Crippen LogP contribution in [0.5, 0.6) is 0 Å². The first kappa shape index (κ1) is 17.3. The fourth-order valence-electron chi connectivity index (χ4n) is 2.20. The highest BCUT2D eigenvalue weighted by Gasteiger charge is 2.14. The molecule has 1 aromatic rings. The lowest BCUT2D eigenvalue weighted by Crippen LogP contribution is -2.34. The molecular formula is C16H27ClN2O. The summed E-state index contributed by atoms with van der Waals surface area (Å²) in [7, 11) is 1.72. The molecule has 0 aliphatic heterocycles. The number of halogens is 1. The predicted octanol–water partition coefficient (Wildman–Crippen LogP) is 3.48. The van der Waals surface area contributed by atoms with E-state index < -0.39 is 0 Å². The van der Waals surface area contributed by atoms with Crippen LogP contribution in [0.25, 0.3) is 0 Å². The molecule has 0 heterocycles. The van der Waals surface area contributed by atoms with Gasteiger partial charge in [-0.3, -0.25) is 0 Å². The minimum atomic E-state index is 0.201. The van der Waals surface area contributed by atoms with Gasteiger partial charge < -0.3 is 15.4 Å². The van der Waals surface area contributed by atoms with Crippen molar-refractivity contribution >= 4 is 17.3 Å². The Hall–Kier alpha value is -0.770. The maximum absolute atomic E-state index is 6.45. The summed E-state index contributed by atoms with van der Waals surface area (Å²) >= 11 is 6.45. The van der Waals surface area contributed by atoms with Crippen molar-refractivity contribution < 1.29 is 4.74 Å². The zero-order valence-corrected chi connectivity index (χ0v) is 13.8. The minimum absolute atomic E-state index is 0.201. The Bertz CT molecular complexity index is 409. The van der Waals surface area contributed by atoms with E-state index in [2.05, 4.69) is 37.8 Å². The Labute approximate surface area is 128 Å². The number of hydrogen-bond acceptors (Lipinski definition) is 3. The van der Waals surface area contributed by atoms with Crippen molar-refractivity contribution in [2.45, 2.75) is 45.7 Å². The van der Waals surface area contributed by atoms with Gasteiger partial charge in [0.15, 0.2) is 0 Å². The summed E-state index contributed by atoms with van der Waals surface area (Å²) in [5.74, 6) is 0. The van der Waals surface area contributed by atoms with Crippen LogP contribution in [0.3, 0.4) is 0 Å². The highest BCUT2D eigenvalue weighted by Crippen LogP contribution is 2.28. The van der Waals surface area contributed by atoms with Gasteiger partial charge >= 0.3 is 0 Å². The Morgan fingerprint density at radius 3 is 2.55 bits per heavy atom. The maximum atomic E-state index is 6.45. The molecule has 0 saturated carbocycles. The van der Waals surface area contributed by atoms with E-state index in [0.29, 0.717) is 12.6 Å². The lowest BCUT2D eigenvalue weighted by Gasteiger charge is -2.30. The number of hydrogen-bond donors (Lipinski definition) is 1. The Kier molecular flexibility index (Phi) is 7.35. The molecule has 0 aliphatic carbocycles. The number of ether oxygens (including phenoxy) is 1. The second kappa shape index (κ2) is 8.50. The number of anilines is 1. The summed E-state index contributed by atoms with van der Waals surface area (Å²) < 4.78 is 5.17. The van der Waals surface area contributed by atoms with Crippen LogP contribution in [0.2, 0.25) is 5.02 Å². The van der Waals surface area contributed by atoms with Gasteiger partial charge in [-0.2, -0.15) is 0 Å². The highest BCUT2D eigenvalue weighted by atomic mass is 35.5. The molecule has 20 heavy (non-hydrogen) atoms. The van der Waals surface area contributed by atoms with E-state index in [9.17, 15) is 0 Å². The third-order valence-electron chi connectivity index (χ3n) is 3.50. The average molecular weight is 299 g/mol. The first-order valence-corrected chi connectivity index (χ1v) is 7.67. The van der Waals surface area contributed by atoms with E-state index >= 15 is 0 Å². The topological polar surface area (TPSA) is 38.5 Å². The molecule has 0 spiro atoms. The predicted molar refractivity (Wildman–Crippen MR) is 87.8 cm³/mol. The van der Waals surface area contributed by atoms with Crippen molar-refractivity contribution in [3.63, 3.8) is 0 Å². The van der Waals surface area contributed by atoms with Crippen LogP contribution < -0.4 is 10.6 Å². The molecule has 1 unspecified atom stereocenters. The normalized spacial score (nSPS) is 12.8. The van der Waals surface area contributed by atoms with E-state index in [1.807, 2.05) is 6.07 Å². The van der Waals surface area contributed by atoms with Crippen LogP contribution in [-0.4, -0.2) is 32.3 Å². The summed E-state index contributed by atoms with van der Waals surface area (Å²) in [5.41, 5.74) is 8.26. The van der Waals surface area contributed by atoms with Crippen LogP contribution in [0.4, 0.5) is 5.69 Å². The van der Waals surface area contributed by atoms with E-state index in [1.54, 1.807) is 7.11 Å². The zero-order valence-electron chi connectivity index (χ0n) is 13.0. The molecule has 3 nitrogen and oxygen atoms in total. The molecule has 0 saturated heterocycles. The molecule has 1 aromatic carbocycles. The van der Waals surface area contributed by atoms with Crippen molar-refractivity contribution in [2.75, 3.05) is 25.2 Å². The third-order valence-corrected chi connectivity index (χ3v) is 3.81. The third kappa shape index (κ3) is 4.97. The van der Waals surface area contributed by atoms with Gasteiger partial charge in [0, 0.05) is 25.7 Å². The van der Waals surface area contributed by atoms with Crippen LogP contribution >= 0.6 is 11.6 Å². The fraction of sp³-hybridized carbons (Fsp3) is 0.625. The van der Waals surface area contributed by atoms with Crippen molar-refractivity contribution in [1.29, 1.82) is 0 Å². The number of nitrogens with two attached hydrogens (primary N) is 1. The van der Waals surface area contributed by atoms with E-state index in [1.165, 1.54) is 5.56 Å². The van der Waals surface area contributed by atoms with Gasteiger partial charge in [-0.15, -0.1) is 0 Å². The van der Waals surface area contributed by atoms with Crippen molar-refractivity contribution in [3.8, 4) is 0 Å². The SMILES string of the molecule is CCC(N)Cc1ccc(N(CCOC)C(C)C)c(Cl)c1. The average Bonchev–Trinajstić information content (AvgIpc) is 2.40. The van der Waals surface area contributed by atoms with Gasteiger partial charge in [0.1, 0.15) is 0 Å². The summed E-state index contributed by atoms with van der Waals surface area (Å²) in [5, 5.41) is 0.788.